The van der Waals surface area contributed by atoms with Crippen LogP contribution < -0.4 is 10.1 Å². The first-order valence-corrected chi connectivity index (χ1v) is 12.2. The SMILES string of the molecule is COc1ccc(CCNC(=NC[C@H]2COCCO2)N2CCN(C(C)c3ccccn3)CC2)cc1. The molecule has 0 aliphatic carbocycles. The number of guanidine groups is 1. The Labute approximate surface area is 202 Å². The molecule has 8 heteroatoms. The second-order valence-electron chi connectivity index (χ2n) is 8.71. The molecule has 1 aromatic carbocycles. The lowest BCUT2D eigenvalue weighted by Gasteiger charge is -2.39. The van der Waals surface area contributed by atoms with E-state index in [2.05, 4.69) is 51.3 Å². The van der Waals surface area contributed by atoms with Crippen molar-refractivity contribution < 1.29 is 14.2 Å². The van der Waals surface area contributed by atoms with E-state index < -0.39 is 0 Å². The van der Waals surface area contributed by atoms with Gasteiger partial charge in [0.05, 0.1) is 39.2 Å². The van der Waals surface area contributed by atoms with E-state index in [0.717, 1.165) is 56.5 Å². The maximum absolute atomic E-state index is 5.80. The van der Waals surface area contributed by atoms with Crippen molar-refractivity contribution >= 4 is 5.96 Å². The molecular formula is C26H37N5O3. The predicted molar refractivity (Wildman–Crippen MR) is 133 cm³/mol. The maximum atomic E-state index is 5.80. The Morgan fingerprint density at radius 2 is 1.97 bits per heavy atom. The highest BCUT2D eigenvalue weighted by atomic mass is 16.6. The molecule has 2 saturated heterocycles. The first kappa shape index (κ1) is 24.4. The fourth-order valence-corrected chi connectivity index (χ4v) is 4.34. The normalized spacial score (nSPS) is 20.7. The average molecular weight is 468 g/mol. The lowest BCUT2D eigenvalue weighted by molar-refractivity contribution is -0.0833. The highest BCUT2D eigenvalue weighted by molar-refractivity contribution is 5.80. The van der Waals surface area contributed by atoms with Crippen LogP contribution in [0.2, 0.25) is 0 Å². The van der Waals surface area contributed by atoms with Gasteiger partial charge < -0.3 is 24.4 Å². The van der Waals surface area contributed by atoms with Gasteiger partial charge in [0, 0.05) is 45.0 Å². The zero-order valence-electron chi connectivity index (χ0n) is 20.4. The zero-order valence-corrected chi connectivity index (χ0v) is 20.4. The molecule has 8 nitrogen and oxygen atoms in total. The molecule has 4 rings (SSSR count). The number of pyridine rings is 1. The number of aromatic nitrogens is 1. The third-order valence-electron chi connectivity index (χ3n) is 6.46. The van der Waals surface area contributed by atoms with Gasteiger partial charge in [-0.15, -0.1) is 0 Å². The fraction of sp³-hybridized carbons (Fsp3) is 0.538. The van der Waals surface area contributed by atoms with E-state index in [4.69, 9.17) is 19.2 Å². The summed E-state index contributed by atoms with van der Waals surface area (Å²) < 4.78 is 16.6. The topological polar surface area (TPSA) is 71.5 Å². The molecule has 2 aliphatic heterocycles. The van der Waals surface area contributed by atoms with E-state index in [1.165, 1.54) is 5.56 Å². The van der Waals surface area contributed by atoms with Gasteiger partial charge in [-0.2, -0.15) is 0 Å². The second kappa shape index (κ2) is 12.7. The molecule has 3 heterocycles. The molecule has 184 valence electrons. The second-order valence-corrected chi connectivity index (χ2v) is 8.71. The monoisotopic (exact) mass is 467 g/mol. The number of hydrogen-bond acceptors (Lipinski definition) is 6. The molecule has 1 aromatic heterocycles. The molecule has 0 spiro atoms. The van der Waals surface area contributed by atoms with Crippen molar-refractivity contribution in [1.29, 1.82) is 0 Å². The molecule has 34 heavy (non-hydrogen) atoms. The minimum absolute atomic E-state index is 0.0256. The molecule has 2 aliphatic rings. The molecule has 0 bridgehead atoms. The summed E-state index contributed by atoms with van der Waals surface area (Å²) in [6.45, 7) is 9.38. The van der Waals surface area contributed by atoms with Crippen LogP contribution in [0.25, 0.3) is 0 Å². The lowest BCUT2D eigenvalue weighted by atomic mass is 10.1. The van der Waals surface area contributed by atoms with Gasteiger partial charge in [0.1, 0.15) is 11.9 Å². The van der Waals surface area contributed by atoms with Crippen molar-refractivity contribution in [3.05, 3.63) is 59.9 Å². The van der Waals surface area contributed by atoms with Crippen LogP contribution in [0.15, 0.2) is 53.7 Å². The molecule has 0 radical (unpaired) electrons. The van der Waals surface area contributed by atoms with Crippen LogP contribution in [-0.4, -0.2) is 93.0 Å². The number of nitrogens with one attached hydrogen (secondary N) is 1. The smallest absolute Gasteiger partial charge is 0.194 e. The summed E-state index contributed by atoms with van der Waals surface area (Å²) in [6, 6.07) is 14.7. The van der Waals surface area contributed by atoms with E-state index in [1.54, 1.807) is 7.11 Å². The first-order chi connectivity index (χ1) is 16.7. The van der Waals surface area contributed by atoms with Crippen molar-refractivity contribution in [3.63, 3.8) is 0 Å². The maximum Gasteiger partial charge on any atom is 0.194 e. The van der Waals surface area contributed by atoms with Crippen LogP contribution in [0.1, 0.15) is 24.2 Å². The molecule has 1 N–H and O–H groups in total. The van der Waals surface area contributed by atoms with Crippen molar-refractivity contribution in [2.75, 3.05) is 66.2 Å². The molecule has 2 atom stereocenters. The molecule has 1 unspecified atom stereocenters. The minimum atomic E-state index is 0.0256. The van der Waals surface area contributed by atoms with E-state index in [1.807, 2.05) is 24.4 Å². The van der Waals surface area contributed by atoms with Crippen molar-refractivity contribution in [2.24, 2.45) is 4.99 Å². The largest absolute Gasteiger partial charge is 0.497 e. The van der Waals surface area contributed by atoms with Crippen molar-refractivity contribution in [3.8, 4) is 5.75 Å². The van der Waals surface area contributed by atoms with Crippen LogP contribution in [0.4, 0.5) is 0 Å². The van der Waals surface area contributed by atoms with Crippen molar-refractivity contribution in [2.45, 2.75) is 25.5 Å². The van der Waals surface area contributed by atoms with E-state index in [-0.39, 0.29) is 6.10 Å². The summed E-state index contributed by atoms with van der Waals surface area (Å²) in [5.41, 5.74) is 2.39. The third-order valence-corrected chi connectivity index (χ3v) is 6.46. The number of hydrogen-bond donors (Lipinski definition) is 1. The first-order valence-electron chi connectivity index (χ1n) is 12.2. The predicted octanol–water partition coefficient (Wildman–Crippen LogP) is 2.37. The molecule has 2 aromatic rings. The molecule has 0 saturated carbocycles. The Kier molecular flexibility index (Phi) is 9.12. The third kappa shape index (κ3) is 6.91. The van der Waals surface area contributed by atoms with E-state index >= 15 is 0 Å². The number of rotatable bonds is 8. The minimum Gasteiger partial charge on any atom is -0.497 e. The van der Waals surface area contributed by atoms with Crippen LogP contribution >= 0.6 is 0 Å². The Balaban J connectivity index is 1.34. The Hall–Kier alpha value is -2.68. The summed E-state index contributed by atoms with van der Waals surface area (Å²) in [4.78, 5) is 14.3. The number of nitrogens with zero attached hydrogens (tertiary/aromatic N) is 4. The summed E-state index contributed by atoms with van der Waals surface area (Å²) in [6.07, 6.45) is 2.82. The standard InChI is InChI=1S/C26H37N5O3/c1-21(25-5-3-4-11-27-25)30-13-15-31(16-14-30)26(29-19-24-20-33-17-18-34-24)28-12-10-22-6-8-23(32-2)9-7-22/h3-9,11,21,24H,10,12-20H2,1-2H3,(H,28,29)/t21?,24-/m0/s1. The van der Waals surface area contributed by atoms with E-state index in [9.17, 15) is 0 Å². The van der Waals surface area contributed by atoms with Crippen LogP contribution in [0.3, 0.4) is 0 Å². The van der Waals surface area contributed by atoms with E-state index in [0.29, 0.717) is 32.4 Å². The van der Waals surface area contributed by atoms with Gasteiger partial charge in [-0.05, 0) is 43.2 Å². The number of methoxy groups -OCH3 is 1. The van der Waals surface area contributed by atoms with Gasteiger partial charge >= 0.3 is 0 Å². The quantitative estimate of drug-likeness (QED) is 0.472. The Morgan fingerprint density at radius 3 is 2.65 bits per heavy atom. The van der Waals surface area contributed by atoms with Gasteiger partial charge in [-0.1, -0.05) is 18.2 Å². The van der Waals surface area contributed by atoms with Gasteiger partial charge in [0.2, 0.25) is 0 Å². The van der Waals surface area contributed by atoms with Gasteiger partial charge in [0.15, 0.2) is 5.96 Å². The summed E-state index contributed by atoms with van der Waals surface area (Å²) in [5, 5.41) is 3.60. The number of piperazine rings is 1. The van der Waals surface area contributed by atoms with Crippen LogP contribution in [0, 0.1) is 0 Å². The summed E-state index contributed by atoms with van der Waals surface area (Å²) >= 11 is 0. The molecule has 2 fully saturated rings. The Morgan fingerprint density at radius 1 is 1.15 bits per heavy atom. The van der Waals surface area contributed by atoms with Crippen LogP contribution in [-0.2, 0) is 15.9 Å². The number of ether oxygens (including phenoxy) is 3. The van der Waals surface area contributed by atoms with Crippen molar-refractivity contribution in [1.82, 2.24) is 20.1 Å². The average Bonchev–Trinajstić information content (AvgIpc) is 2.92. The zero-order chi connectivity index (χ0) is 23.6. The van der Waals surface area contributed by atoms with Gasteiger partial charge in [0.25, 0.3) is 0 Å². The Bertz CT molecular complexity index is 879. The molecular weight excluding hydrogens is 430 g/mol. The van der Waals surface area contributed by atoms with Gasteiger partial charge in [-0.25, -0.2) is 0 Å². The highest BCUT2D eigenvalue weighted by Gasteiger charge is 2.25. The van der Waals surface area contributed by atoms with Gasteiger partial charge in [-0.3, -0.25) is 14.9 Å². The van der Waals surface area contributed by atoms with Crippen LogP contribution in [0.5, 0.6) is 5.75 Å². The lowest BCUT2D eigenvalue weighted by Crippen LogP contribution is -2.53. The molecule has 0 amide bonds. The number of aliphatic imine (C=N–C) groups is 1. The number of benzene rings is 1. The fourth-order valence-electron chi connectivity index (χ4n) is 4.34. The highest BCUT2D eigenvalue weighted by Crippen LogP contribution is 2.19. The summed E-state index contributed by atoms with van der Waals surface area (Å²) in [5.74, 6) is 1.83. The summed E-state index contributed by atoms with van der Waals surface area (Å²) in [7, 11) is 1.69.